The van der Waals surface area contributed by atoms with Gasteiger partial charge < -0.3 is 14.2 Å². The molecular weight excluding hydrogens is 296 g/mol. The summed E-state index contributed by atoms with van der Waals surface area (Å²) in [7, 11) is 1.63. The fourth-order valence-electron chi connectivity index (χ4n) is 1.40. The van der Waals surface area contributed by atoms with Crippen LogP contribution in [0.4, 0.5) is 0 Å². The summed E-state index contributed by atoms with van der Waals surface area (Å²) in [6, 6.07) is 15.0. The molecule has 0 N–H and O–H groups in total. The smallest absolute Gasteiger partial charge is 0.230 e. The van der Waals surface area contributed by atoms with Crippen molar-refractivity contribution in [3.8, 4) is 17.2 Å². The van der Waals surface area contributed by atoms with E-state index in [0.717, 1.165) is 16.0 Å². The standard InChI is InChI=1S/C14H13BrO3/c1-16-12-7-8-14(13(15)9-12)18-10-17-11-5-3-2-4-6-11/h2-9H,10H2,1H3. The molecule has 0 amide bonds. The van der Waals surface area contributed by atoms with Crippen LogP contribution in [0.25, 0.3) is 0 Å². The average Bonchev–Trinajstić information content (AvgIpc) is 2.42. The Morgan fingerprint density at radius 1 is 0.944 bits per heavy atom. The third-order valence-corrected chi connectivity index (χ3v) is 2.94. The molecule has 0 spiro atoms. The molecule has 0 aliphatic rings. The third-order valence-electron chi connectivity index (χ3n) is 2.32. The summed E-state index contributed by atoms with van der Waals surface area (Å²) < 4.78 is 16.9. The first-order valence-corrected chi connectivity index (χ1v) is 6.23. The van der Waals surface area contributed by atoms with Gasteiger partial charge in [-0.1, -0.05) is 18.2 Å². The quantitative estimate of drug-likeness (QED) is 0.785. The van der Waals surface area contributed by atoms with E-state index in [1.807, 2.05) is 48.5 Å². The maximum absolute atomic E-state index is 5.52. The molecule has 4 heteroatoms. The molecule has 0 aliphatic heterocycles. The van der Waals surface area contributed by atoms with Crippen LogP contribution in [0.15, 0.2) is 53.0 Å². The van der Waals surface area contributed by atoms with Crippen LogP contribution >= 0.6 is 15.9 Å². The summed E-state index contributed by atoms with van der Waals surface area (Å²) in [5.74, 6) is 2.27. The normalized spacial score (nSPS) is 9.89. The van der Waals surface area contributed by atoms with Gasteiger partial charge in [0, 0.05) is 0 Å². The number of ether oxygens (including phenoxy) is 3. The van der Waals surface area contributed by atoms with Gasteiger partial charge in [-0.3, -0.25) is 0 Å². The fourth-order valence-corrected chi connectivity index (χ4v) is 1.88. The van der Waals surface area contributed by atoms with Crippen LogP contribution in [-0.4, -0.2) is 13.9 Å². The van der Waals surface area contributed by atoms with Crippen LogP contribution in [-0.2, 0) is 0 Å². The highest BCUT2D eigenvalue weighted by Crippen LogP contribution is 2.29. The Morgan fingerprint density at radius 2 is 1.72 bits per heavy atom. The van der Waals surface area contributed by atoms with E-state index in [1.54, 1.807) is 7.11 Å². The van der Waals surface area contributed by atoms with Gasteiger partial charge in [-0.15, -0.1) is 0 Å². The van der Waals surface area contributed by atoms with E-state index in [2.05, 4.69) is 15.9 Å². The van der Waals surface area contributed by atoms with Crippen molar-refractivity contribution in [2.45, 2.75) is 0 Å². The van der Waals surface area contributed by atoms with E-state index in [-0.39, 0.29) is 6.79 Å². The maximum Gasteiger partial charge on any atom is 0.230 e. The molecule has 0 radical (unpaired) electrons. The predicted octanol–water partition coefficient (Wildman–Crippen LogP) is 3.87. The van der Waals surface area contributed by atoms with Crippen molar-refractivity contribution in [1.29, 1.82) is 0 Å². The summed E-state index contributed by atoms with van der Waals surface area (Å²) in [6.07, 6.45) is 0. The second kappa shape index (κ2) is 6.31. The van der Waals surface area contributed by atoms with E-state index < -0.39 is 0 Å². The van der Waals surface area contributed by atoms with Crippen LogP contribution in [0.5, 0.6) is 17.2 Å². The molecule has 0 unspecified atom stereocenters. The zero-order valence-electron chi connectivity index (χ0n) is 9.93. The average molecular weight is 309 g/mol. The Balaban J connectivity index is 1.91. The van der Waals surface area contributed by atoms with Crippen LogP contribution in [0, 0.1) is 0 Å². The Labute approximate surface area is 114 Å². The van der Waals surface area contributed by atoms with Gasteiger partial charge in [0.15, 0.2) is 0 Å². The van der Waals surface area contributed by atoms with Gasteiger partial charge in [0.25, 0.3) is 0 Å². The van der Waals surface area contributed by atoms with Crippen molar-refractivity contribution < 1.29 is 14.2 Å². The van der Waals surface area contributed by atoms with Gasteiger partial charge in [0.05, 0.1) is 11.6 Å². The Bertz CT molecular complexity index is 500. The lowest BCUT2D eigenvalue weighted by molar-refractivity contribution is 0.119. The Kier molecular flexibility index (Phi) is 4.47. The minimum Gasteiger partial charge on any atom is -0.497 e. The Morgan fingerprint density at radius 3 is 2.39 bits per heavy atom. The molecule has 3 nitrogen and oxygen atoms in total. The van der Waals surface area contributed by atoms with Gasteiger partial charge in [-0.2, -0.15) is 0 Å². The molecule has 94 valence electrons. The molecule has 0 saturated carbocycles. The monoisotopic (exact) mass is 308 g/mol. The van der Waals surface area contributed by atoms with E-state index in [4.69, 9.17) is 14.2 Å². The predicted molar refractivity (Wildman–Crippen MR) is 73.3 cm³/mol. The van der Waals surface area contributed by atoms with E-state index >= 15 is 0 Å². The molecule has 2 aromatic carbocycles. The number of rotatable bonds is 5. The highest BCUT2D eigenvalue weighted by atomic mass is 79.9. The molecule has 0 saturated heterocycles. The van der Waals surface area contributed by atoms with E-state index in [1.165, 1.54) is 0 Å². The van der Waals surface area contributed by atoms with E-state index in [0.29, 0.717) is 5.75 Å². The maximum atomic E-state index is 5.52. The van der Waals surface area contributed by atoms with Gasteiger partial charge in [0.2, 0.25) is 6.79 Å². The molecular formula is C14H13BrO3. The van der Waals surface area contributed by atoms with Crippen LogP contribution < -0.4 is 14.2 Å². The topological polar surface area (TPSA) is 27.7 Å². The van der Waals surface area contributed by atoms with Crippen LogP contribution in [0.1, 0.15) is 0 Å². The lowest BCUT2D eigenvalue weighted by Gasteiger charge is -2.10. The Hall–Kier alpha value is -1.68. The first kappa shape index (κ1) is 12.8. The molecule has 0 bridgehead atoms. The number of para-hydroxylation sites is 1. The van der Waals surface area contributed by atoms with Crippen molar-refractivity contribution in [2.24, 2.45) is 0 Å². The number of benzene rings is 2. The van der Waals surface area contributed by atoms with Gasteiger partial charge >= 0.3 is 0 Å². The highest BCUT2D eigenvalue weighted by Gasteiger charge is 2.03. The number of methoxy groups -OCH3 is 1. The van der Waals surface area contributed by atoms with Gasteiger partial charge in [-0.05, 0) is 46.3 Å². The second-order valence-corrected chi connectivity index (χ2v) is 4.37. The summed E-state index contributed by atoms with van der Waals surface area (Å²) >= 11 is 3.41. The molecule has 0 fully saturated rings. The summed E-state index contributed by atoms with van der Waals surface area (Å²) in [6.45, 7) is 0.162. The molecule has 0 aliphatic carbocycles. The molecule has 0 aromatic heterocycles. The third kappa shape index (κ3) is 3.40. The summed E-state index contributed by atoms with van der Waals surface area (Å²) in [5, 5.41) is 0. The molecule has 0 atom stereocenters. The van der Waals surface area contributed by atoms with Gasteiger partial charge in [0.1, 0.15) is 17.2 Å². The van der Waals surface area contributed by atoms with Crippen molar-refractivity contribution in [2.75, 3.05) is 13.9 Å². The largest absolute Gasteiger partial charge is 0.497 e. The summed E-state index contributed by atoms with van der Waals surface area (Å²) in [4.78, 5) is 0. The van der Waals surface area contributed by atoms with Gasteiger partial charge in [-0.25, -0.2) is 0 Å². The van der Waals surface area contributed by atoms with Crippen molar-refractivity contribution in [3.05, 3.63) is 53.0 Å². The minimum absolute atomic E-state index is 0.162. The number of hydrogen-bond donors (Lipinski definition) is 0. The first-order chi connectivity index (χ1) is 8.79. The molecule has 0 heterocycles. The first-order valence-electron chi connectivity index (χ1n) is 5.44. The second-order valence-electron chi connectivity index (χ2n) is 3.52. The molecule has 2 rings (SSSR count). The van der Waals surface area contributed by atoms with Crippen molar-refractivity contribution in [3.63, 3.8) is 0 Å². The van der Waals surface area contributed by atoms with Crippen molar-refractivity contribution >= 4 is 15.9 Å². The van der Waals surface area contributed by atoms with E-state index in [9.17, 15) is 0 Å². The molecule has 2 aromatic rings. The zero-order chi connectivity index (χ0) is 12.8. The molecule has 18 heavy (non-hydrogen) atoms. The fraction of sp³-hybridized carbons (Fsp3) is 0.143. The SMILES string of the molecule is COc1ccc(OCOc2ccccc2)c(Br)c1. The highest BCUT2D eigenvalue weighted by molar-refractivity contribution is 9.10. The lowest BCUT2D eigenvalue weighted by atomic mass is 10.3. The minimum atomic E-state index is 0.162. The van der Waals surface area contributed by atoms with Crippen molar-refractivity contribution in [1.82, 2.24) is 0 Å². The number of halogens is 1. The van der Waals surface area contributed by atoms with Crippen LogP contribution in [0.2, 0.25) is 0 Å². The number of hydrogen-bond acceptors (Lipinski definition) is 3. The zero-order valence-corrected chi connectivity index (χ0v) is 11.5. The summed E-state index contributed by atoms with van der Waals surface area (Å²) in [5.41, 5.74) is 0. The lowest BCUT2D eigenvalue weighted by Crippen LogP contribution is -2.05. The van der Waals surface area contributed by atoms with Crippen LogP contribution in [0.3, 0.4) is 0 Å².